The molecule has 7 heavy (non-hydrogen) atoms. The highest BCUT2D eigenvalue weighted by Gasteiger charge is 2.05. The zero-order chi connectivity index (χ0) is 5.91. The average Bonchev–Trinajstić information content (AvgIpc) is 1.30. The molecule has 0 saturated carbocycles. The molecule has 1 nitrogen and oxygen atoms in total. The number of hydrogen-bond acceptors (Lipinski definition) is 1. The van der Waals surface area contributed by atoms with Crippen molar-refractivity contribution in [3.8, 4) is 0 Å². The van der Waals surface area contributed by atoms with Gasteiger partial charge < -0.3 is 0 Å². The summed E-state index contributed by atoms with van der Waals surface area (Å²) in [4.78, 5) is 0. The largest absolute Gasteiger partial charge is 0.258 e. The van der Waals surface area contributed by atoms with Gasteiger partial charge in [0, 0.05) is 70.2 Å². The molecule has 0 aliphatic heterocycles. The highest BCUT2D eigenvalue weighted by Crippen LogP contribution is 2.67. The minimum absolute atomic E-state index is 0.514. The monoisotopic (exact) mass is 457 g/mol. The van der Waals surface area contributed by atoms with Crippen LogP contribution < -0.4 is 4.72 Å². The first-order chi connectivity index (χ1) is 3.06. The molecule has 0 aromatic rings. The lowest BCUT2D eigenvalue weighted by atomic mass is 10.8. The highest BCUT2D eigenvalue weighted by molar-refractivity contribution is 14.5. The first-order valence-corrected chi connectivity index (χ1v) is 11.0. The summed E-state index contributed by atoms with van der Waals surface area (Å²) in [5, 5.41) is 0. The predicted octanol–water partition coefficient (Wildman–Crippen LogP) is 3.37. The highest BCUT2D eigenvalue weighted by atomic mass is 127. The van der Waals surface area contributed by atoms with Crippen LogP contribution in [0.25, 0.3) is 0 Å². The molecule has 0 radical (unpaired) electrons. The summed E-state index contributed by atoms with van der Waals surface area (Å²) < 4.78 is 2.81. The standard InChI is InChI=1S/C2H6I3NS/c1-2-6-7(3,4)5/h6H,2H2,1H3. The van der Waals surface area contributed by atoms with Gasteiger partial charge in [-0.25, -0.2) is 0 Å². The molecule has 0 unspecified atom stereocenters. The Hall–Kier alpha value is 2.50. The minimum atomic E-state index is -0.514. The van der Waals surface area contributed by atoms with E-state index >= 15 is 0 Å². The summed E-state index contributed by atoms with van der Waals surface area (Å²) in [6.07, 6.45) is 0. The lowest BCUT2D eigenvalue weighted by Crippen LogP contribution is -2.04. The Morgan fingerprint density at radius 1 is 1.43 bits per heavy atom. The lowest BCUT2D eigenvalue weighted by molar-refractivity contribution is 1.04. The third-order valence-corrected chi connectivity index (χ3v) is 3.73. The first kappa shape index (κ1) is 9.50. The van der Waals surface area contributed by atoms with Crippen molar-refractivity contribution in [3.05, 3.63) is 0 Å². The summed E-state index contributed by atoms with van der Waals surface area (Å²) in [7, 11) is 0. The molecule has 0 bridgehead atoms. The molecular weight excluding hydrogens is 451 g/mol. The Morgan fingerprint density at radius 3 is 1.86 bits per heavy atom. The van der Waals surface area contributed by atoms with E-state index in [1.807, 2.05) is 0 Å². The van der Waals surface area contributed by atoms with Crippen molar-refractivity contribution in [1.82, 2.24) is 4.72 Å². The Morgan fingerprint density at radius 2 is 1.86 bits per heavy atom. The van der Waals surface area contributed by atoms with E-state index in [0.29, 0.717) is 0 Å². The molecule has 0 aromatic carbocycles. The molecule has 0 amide bonds. The molecular formula is C2H6I3NS. The van der Waals surface area contributed by atoms with E-state index in [2.05, 4.69) is 75.3 Å². The maximum atomic E-state index is 3.33. The summed E-state index contributed by atoms with van der Waals surface area (Å²) in [6, 6.07) is 0. The number of halogens is 3. The summed E-state index contributed by atoms with van der Waals surface area (Å²) >= 11 is 7.27. The van der Waals surface area contributed by atoms with E-state index in [9.17, 15) is 0 Å². The van der Waals surface area contributed by atoms with E-state index in [4.69, 9.17) is 0 Å². The number of nitrogens with one attached hydrogen (secondary N) is 1. The molecule has 5 heteroatoms. The van der Waals surface area contributed by atoms with Crippen LogP contribution in [-0.2, 0) is 0 Å². The third kappa shape index (κ3) is 8.50. The molecule has 0 atom stereocenters. The van der Waals surface area contributed by atoms with Crippen LogP contribution in [0.5, 0.6) is 0 Å². The molecule has 0 aromatic heterocycles. The van der Waals surface area contributed by atoms with Crippen molar-refractivity contribution in [2.75, 3.05) is 6.54 Å². The fraction of sp³-hybridized carbons (Fsp3) is 1.00. The Kier molecular flexibility index (Phi) is 5.89. The average molecular weight is 457 g/mol. The maximum Gasteiger partial charge on any atom is 0.0109 e. The van der Waals surface area contributed by atoms with Crippen molar-refractivity contribution < 1.29 is 0 Å². The number of hydrogen-bond donors (Lipinski definition) is 1. The van der Waals surface area contributed by atoms with E-state index in [1.165, 1.54) is 0 Å². The normalized spacial score (nSPS) is 14.3. The third-order valence-electron chi connectivity index (χ3n) is 0.308. The van der Waals surface area contributed by atoms with Crippen molar-refractivity contribution in [1.29, 1.82) is 0 Å². The lowest BCUT2D eigenvalue weighted by Gasteiger charge is -2.16. The van der Waals surface area contributed by atoms with Gasteiger partial charge in [0.15, 0.2) is 0 Å². The van der Waals surface area contributed by atoms with Gasteiger partial charge in [0.25, 0.3) is 0 Å². The van der Waals surface area contributed by atoms with E-state index in [-0.39, 0.29) is 0 Å². The van der Waals surface area contributed by atoms with Gasteiger partial charge in [0.1, 0.15) is 0 Å². The second-order valence-corrected chi connectivity index (χ2v) is 29.1. The van der Waals surface area contributed by atoms with Gasteiger partial charge in [0.2, 0.25) is 0 Å². The van der Waals surface area contributed by atoms with Gasteiger partial charge in [-0.15, -0.1) is 0 Å². The fourth-order valence-corrected chi connectivity index (χ4v) is 3.29. The van der Waals surface area contributed by atoms with E-state index in [0.717, 1.165) is 6.54 Å². The van der Waals surface area contributed by atoms with E-state index < -0.39 is 1.73 Å². The van der Waals surface area contributed by atoms with Gasteiger partial charge in [-0.1, -0.05) is 6.92 Å². The fourth-order valence-electron chi connectivity index (χ4n) is 0.164. The van der Waals surface area contributed by atoms with Crippen LogP contribution in [0.1, 0.15) is 6.92 Å². The topological polar surface area (TPSA) is 12.0 Å². The van der Waals surface area contributed by atoms with Gasteiger partial charge in [-0.2, -0.15) is 0 Å². The van der Waals surface area contributed by atoms with Crippen LogP contribution >= 0.6 is 65.3 Å². The Bertz CT molecular complexity index is 51.4. The molecule has 1 N–H and O–H groups in total. The zero-order valence-electron chi connectivity index (χ0n) is 3.75. The Balaban J connectivity index is 3.15. The molecule has 0 fully saturated rings. The first-order valence-electron chi connectivity index (χ1n) is 1.73. The summed E-state index contributed by atoms with van der Waals surface area (Å²) in [5.74, 6) is 0. The molecule has 0 aliphatic rings. The quantitative estimate of drug-likeness (QED) is 0.628. The number of rotatable bonds is 2. The summed E-state index contributed by atoms with van der Waals surface area (Å²) in [5.41, 5.74) is 0. The maximum absolute atomic E-state index is 3.33. The molecule has 0 saturated heterocycles. The van der Waals surface area contributed by atoms with Crippen molar-refractivity contribution >= 4 is 65.3 Å². The SMILES string of the molecule is CCNS(I)(I)I. The van der Waals surface area contributed by atoms with Crippen LogP contribution in [0.4, 0.5) is 0 Å². The van der Waals surface area contributed by atoms with Crippen LogP contribution in [0.2, 0.25) is 0 Å². The Labute approximate surface area is 82.0 Å². The van der Waals surface area contributed by atoms with Crippen molar-refractivity contribution in [2.45, 2.75) is 6.92 Å². The van der Waals surface area contributed by atoms with Crippen LogP contribution in [-0.4, -0.2) is 6.54 Å². The van der Waals surface area contributed by atoms with Gasteiger partial charge in [0.05, 0.1) is 0 Å². The van der Waals surface area contributed by atoms with Gasteiger partial charge in [-0.3, -0.25) is 4.72 Å². The molecule has 0 spiro atoms. The molecule has 46 valence electrons. The zero-order valence-corrected chi connectivity index (χ0v) is 11.0. The van der Waals surface area contributed by atoms with Crippen molar-refractivity contribution in [2.24, 2.45) is 0 Å². The minimum Gasteiger partial charge on any atom is -0.258 e. The van der Waals surface area contributed by atoms with Gasteiger partial charge >= 0.3 is 0 Å². The van der Waals surface area contributed by atoms with Crippen LogP contribution in [0.15, 0.2) is 0 Å². The smallest absolute Gasteiger partial charge is 0.0109 e. The van der Waals surface area contributed by atoms with E-state index in [1.54, 1.807) is 0 Å². The van der Waals surface area contributed by atoms with Gasteiger partial charge in [-0.05, 0) is 1.73 Å². The molecule has 0 rings (SSSR count). The molecule has 0 aliphatic carbocycles. The second-order valence-electron chi connectivity index (χ2n) is 0.904. The molecule has 0 heterocycles. The predicted molar refractivity (Wildman–Crippen MR) is 63.3 cm³/mol. The van der Waals surface area contributed by atoms with Crippen molar-refractivity contribution in [3.63, 3.8) is 0 Å². The van der Waals surface area contributed by atoms with Crippen LogP contribution in [0, 0.1) is 0 Å². The van der Waals surface area contributed by atoms with Crippen LogP contribution in [0.3, 0.4) is 0 Å². The summed E-state index contributed by atoms with van der Waals surface area (Å²) in [6.45, 7) is 3.20. The second kappa shape index (κ2) is 4.34.